The predicted octanol–water partition coefficient (Wildman–Crippen LogP) is 3.23. The molecule has 2 N–H and O–H groups in total. The first-order chi connectivity index (χ1) is 11.7. The van der Waals surface area contributed by atoms with Crippen molar-refractivity contribution < 1.29 is 14.6 Å². The van der Waals surface area contributed by atoms with Gasteiger partial charge in [0.05, 0.1) is 6.10 Å². The van der Waals surface area contributed by atoms with Crippen molar-refractivity contribution in [3.05, 3.63) is 71.0 Å². The molecule has 3 rings (SSSR count). The van der Waals surface area contributed by atoms with E-state index in [4.69, 9.17) is 0 Å². The molecule has 4 heteroatoms. The lowest BCUT2D eigenvalue weighted by Crippen LogP contribution is -2.33. The fourth-order valence-corrected chi connectivity index (χ4v) is 3.60. The Kier molecular flexibility index (Phi) is 5.61. The van der Waals surface area contributed by atoms with Crippen LogP contribution in [0.2, 0.25) is 0 Å². The Labute approximate surface area is 142 Å². The van der Waals surface area contributed by atoms with Crippen molar-refractivity contribution in [2.75, 3.05) is 19.7 Å². The van der Waals surface area contributed by atoms with E-state index >= 15 is 0 Å². The highest BCUT2D eigenvalue weighted by atomic mass is 19.1. The number of aliphatic hydroxyl groups excluding tert-OH is 2. The van der Waals surface area contributed by atoms with Gasteiger partial charge in [0.2, 0.25) is 0 Å². The summed E-state index contributed by atoms with van der Waals surface area (Å²) < 4.78 is 13.4. The van der Waals surface area contributed by atoms with E-state index in [0.717, 1.165) is 12.8 Å². The van der Waals surface area contributed by atoms with Gasteiger partial charge in [-0.25, -0.2) is 4.39 Å². The highest BCUT2D eigenvalue weighted by Gasteiger charge is 2.28. The van der Waals surface area contributed by atoms with Crippen molar-refractivity contribution in [1.82, 2.24) is 4.90 Å². The minimum absolute atomic E-state index is 0.126. The van der Waals surface area contributed by atoms with Gasteiger partial charge in [-0.15, -0.1) is 0 Å². The number of fused-ring (bicyclic) bond motifs is 1. The Morgan fingerprint density at radius 2 is 2.00 bits per heavy atom. The third-order valence-corrected chi connectivity index (χ3v) is 4.79. The third-order valence-electron chi connectivity index (χ3n) is 4.79. The molecule has 0 aromatic heterocycles. The molecule has 2 unspecified atom stereocenters. The molecule has 0 amide bonds. The molecule has 0 bridgehead atoms. The first-order valence-electron chi connectivity index (χ1n) is 8.55. The van der Waals surface area contributed by atoms with Gasteiger partial charge in [0, 0.05) is 25.7 Å². The summed E-state index contributed by atoms with van der Waals surface area (Å²) in [7, 11) is 0. The van der Waals surface area contributed by atoms with Crippen molar-refractivity contribution in [3.63, 3.8) is 0 Å². The number of aryl methyl sites for hydroxylation is 1. The maximum Gasteiger partial charge on any atom is 0.123 e. The molecule has 2 atom stereocenters. The number of hydrogen-bond acceptors (Lipinski definition) is 3. The van der Waals surface area contributed by atoms with Crippen LogP contribution in [0.4, 0.5) is 4.39 Å². The Bertz CT molecular complexity index is 676. The van der Waals surface area contributed by atoms with Gasteiger partial charge in [-0.3, -0.25) is 4.90 Å². The van der Waals surface area contributed by atoms with Gasteiger partial charge in [0.15, 0.2) is 0 Å². The number of rotatable bonds is 7. The number of benzene rings is 2. The molecule has 3 nitrogen and oxygen atoms in total. The predicted molar refractivity (Wildman–Crippen MR) is 92.1 cm³/mol. The SMILES string of the molecule is OCCCN(CC(O)c1cccc(F)c1)C1CCc2ccccc21. The van der Waals surface area contributed by atoms with E-state index < -0.39 is 6.10 Å². The smallest absolute Gasteiger partial charge is 0.123 e. The van der Waals surface area contributed by atoms with Crippen LogP contribution in [0, 0.1) is 5.82 Å². The van der Waals surface area contributed by atoms with E-state index in [0.29, 0.717) is 25.1 Å². The normalized spacial score (nSPS) is 17.9. The summed E-state index contributed by atoms with van der Waals surface area (Å²) in [6.07, 6.45) is 1.97. The first kappa shape index (κ1) is 17.1. The quantitative estimate of drug-likeness (QED) is 0.820. The second kappa shape index (κ2) is 7.88. The lowest BCUT2D eigenvalue weighted by molar-refractivity contribution is 0.0807. The molecule has 24 heavy (non-hydrogen) atoms. The van der Waals surface area contributed by atoms with E-state index in [1.807, 2.05) is 6.07 Å². The van der Waals surface area contributed by atoms with E-state index in [2.05, 4.69) is 23.1 Å². The van der Waals surface area contributed by atoms with Crippen LogP contribution in [0.15, 0.2) is 48.5 Å². The van der Waals surface area contributed by atoms with Crippen LogP contribution in [0.1, 0.15) is 41.7 Å². The van der Waals surface area contributed by atoms with Crippen molar-refractivity contribution in [2.45, 2.75) is 31.4 Å². The maximum absolute atomic E-state index is 13.4. The molecule has 0 aliphatic heterocycles. The van der Waals surface area contributed by atoms with E-state index in [1.165, 1.54) is 23.3 Å². The van der Waals surface area contributed by atoms with Crippen molar-refractivity contribution >= 4 is 0 Å². The molecule has 1 aliphatic carbocycles. The van der Waals surface area contributed by atoms with E-state index in [9.17, 15) is 14.6 Å². The Hall–Kier alpha value is -1.75. The molecule has 0 radical (unpaired) electrons. The largest absolute Gasteiger partial charge is 0.396 e. The summed E-state index contributed by atoms with van der Waals surface area (Å²) in [6.45, 7) is 1.27. The Balaban J connectivity index is 1.77. The average molecular weight is 329 g/mol. The van der Waals surface area contributed by atoms with Crippen LogP contribution in [0.25, 0.3) is 0 Å². The van der Waals surface area contributed by atoms with Crippen molar-refractivity contribution in [1.29, 1.82) is 0 Å². The highest BCUT2D eigenvalue weighted by Crippen LogP contribution is 2.36. The van der Waals surface area contributed by atoms with Crippen LogP contribution < -0.4 is 0 Å². The fraction of sp³-hybridized carbons (Fsp3) is 0.400. The zero-order chi connectivity index (χ0) is 16.9. The van der Waals surface area contributed by atoms with E-state index in [1.54, 1.807) is 12.1 Å². The summed E-state index contributed by atoms with van der Waals surface area (Å²) in [5, 5.41) is 19.8. The van der Waals surface area contributed by atoms with Gasteiger partial charge in [-0.2, -0.15) is 0 Å². The zero-order valence-electron chi connectivity index (χ0n) is 13.7. The van der Waals surface area contributed by atoms with Crippen LogP contribution in [0.5, 0.6) is 0 Å². The molecule has 0 fully saturated rings. The van der Waals surface area contributed by atoms with Gasteiger partial charge in [0.1, 0.15) is 5.82 Å². The fourth-order valence-electron chi connectivity index (χ4n) is 3.60. The minimum Gasteiger partial charge on any atom is -0.396 e. The summed E-state index contributed by atoms with van der Waals surface area (Å²) in [6, 6.07) is 14.8. The molecular weight excluding hydrogens is 305 g/mol. The molecule has 1 aliphatic rings. The summed E-state index contributed by atoms with van der Waals surface area (Å²) in [5.41, 5.74) is 3.26. The van der Waals surface area contributed by atoms with Gasteiger partial charge in [-0.05, 0) is 48.1 Å². The number of hydrogen-bond donors (Lipinski definition) is 2. The third kappa shape index (κ3) is 3.83. The van der Waals surface area contributed by atoms with Crippen LogP contribution in [-0.4, -0.2) is 34.8 Å². The molecule has 0 heterocycles. The van der Waals surface area contributed by atoms with E-state index in [-0.39, 0.29) is 18.5 Å². The Morgan fingerprint density at radius 1 is 1.17 bits per heavy atom. The number of aliphatic hydroxyl groups is 2. The zero-order valence-corrected chi connectivity index (χ0v) is 13.7. The monoisotopic (exact) mass is 329 g/mol. The number of nitrogens with zero attached hydrogens (tertiary/aromatic N) is 1. The second-order valence-electron chi connectivity index (χ2n) is 6.40. The molecule has 0 saturated heterocycles. The molecule has 128 valence electrons. The minimum atomic E-state index is -0.743. The van der Waals surface area contributed by atoms with Gasteiger partial charge in [-0.1, -0.05) is 36.4 Å². The summed E-state index contributed by atoms with van der Waals surface area (Å²) in [4.78, 5) is 2.22. The number of halogens is 1. The van der Waals surface area contributed by atoms with Crippen LogP contribution >= 0.6 is 0 Å². The second-order valence-corrected chi connectivity index (χ2v) is 6.40. The standard InChI is InChI=1S/C20H24FNO2/c21-17-7-3-6-16(13-17)20(24)14-22(11-4-12-23)19-10-9-15-5-1-2-8-18(15)19/h1-3,5-8,13,19-20,23-24H,4,9-12,14H2. The molecule has 0 saturated carbocycles. The molecular formula is C20H24FNO2. The van der Waals surface area contributed by atoms with Gasteiger partial charge in [0.25, 0.3) is 0 Å². The first-order valence-corrected chi connectivity index (χ1v) is 8.55. The van der Waals surface area contributed by atoms with Crippen LogP contribution in [-0.2, 0) is 6.42 Å². The van der Waals surface area contributed by atoms with Crippen LogP contribution in [0.3, 0.4) is 0 Å². The average Bonchev–Trinajstić information content (AvgIpc) is 3.02. The lowest BCUT2D eigenvalue weighted by atomic mass is 10.0. The van der Waals surface area contributed by atoms with Gasteiger partial charge < -0.3 is 10.2 Å². The maximum atomic E-state index is 13.4. The molecule has 2 aromatic carbocycles. The summed E-state index contributed by atoms with van der Waals surface area (Å²) in [5.74, 6) is -0.334. The van der Waals surface area contributed by atoms with Crippen molar-refractivity contribution in [2.24, 2.45) is 0 Å². The topological polar surface area (TPSA) is 43.7 Å². The Morgan fingerprint density at radius 3 is 2.79 bits per heavy atom. The molecule has 2 aromatic rings. The van der Waals surface area contributed by atoms with Crippen molar-refractivity contribution in [3.8, 4) is 0 Å². The summed E-state index contributed by atoms with van der Waals surface area (Å²) >= 11 is 0. The van der Waals surface area contributed by atoms with Gasteiger partial charge >= 0.3 is 0 Å². The molecule has 0 spiro atoms. The highest BCUT2D eigenvalue weighted by molar-refractivity contribution is 5.34. The lowest BCUT2D eigenvalue weighted by Gasteiger charge is -2.31.